The Morgan fingerprint density at radius 3 is 2.43 bits per heavy atom. The first-order chi connectivity index (χ1) is 10.0. The number of nitrogens with zero attached hydrogens (tertiary/aromatic N) is 1. The SMILES string of the molecule is CCCC1(CCC)NC(=O)N(CC(=O)c2ccc[nH]2)C1=O. The summed E-state index contributed by atoms with van der Waals surface area (Å²) in [6.45, 7) is 3.73. The van der Waals surface area contributed by atoms with Crippen LogP contribution in [0.4, 0.5) is 4.79 Å². The number of hydrogen-bond acceptors (Lipinski definition) is 3. The van der Waals surface area contributed by atoms with Crippen molar-refractivity contribution >= 4 is 17.7 Å². The molecule has 1 aromatic heterocycles. The summed E-state index contributed by atoms with van der Waals surface area (Å²) in [6.07, 6.45) is 4.42. The van der Waals surface area contributed by atoms with Gasteiger partial charge in [0.05, 0.1) is 12.2 Å². The van der Waals surface area contributed by atoms with E-state index >= 15 is 0 Å². The first-order valence-corrected chi connectivity index (χ1v) is 7.34. The molecule has 1 aromatic rings. The van der Waals surface area contributed by atoms with Gasteiger partial charge in [-0.2, -0.15) is 0 Å². The van der Waals surface area contributed by atoms with Gasteiger partial charge in [-0.15, -0.1) is 0 Å². The Morgan fingerprint density at radius 1 is 1.24 bits per heavy atom. The van der Waals surface area contributed by atoms with Crippen LogP contribution in [-0.4, -0.2) is 39.7 Å². The number of hydrogen-bond donors (Lipinski definition) is 2. The summed E-state index contributed by atoms with van der Waals surface area (Å²) < 4.78 is 0. The van der Waals surface area contributed by atoms with Crippen molar-refractivity contribution in [2.75, 3.05) is 6.54 Å². The Bertz CT molecular complexity index is 530. The van der Waals surface area contributed by atoms with Gasteiger partial charge in [-0.25, -0.2) is 4.79 Å². The van der Waals surface area contributed by atoms with E-state index in [1.54, 1.807) is 18.3 Å². The summed E-state index contributed by atoms with van der Waals surface area (Å²) in [5.74, 6) is -0.552. The Kier molecular flexibility index (Phi) is 4.45. The van der Waals surface area contributed by atoms with Crippen molar-refractivity contribution in [2.45, 2.75) is 45.1 Å². The molecule has 0 aromatic carbocycles. The molecular weight excluding hydrogens is 270 g/mol. The lowest BCUT2D eigenvalue weighted by Crippen LogP contribution is -2.47. The van der Waals surface area contributed by atoms with E-state index in [1.165, 1.54) is 0 Å². The maximum atomic E-state index is 12.6. The third-order valence-electron chi connectivity index (χ3n) is 3.80. The van der Waals surface area contributed by atoms with Gasteiger partial charge >= 0.3 is 6.03 Å². The van der Waals surface area contributed by atoms with Crippen molar-refractivity contribution in [1.29, 1.82) is 0 Å². The van der Waals surface area contributed by atoms with E-state index in [0.717, 1.165) is 17.7 Å². The van der Waals surface area contributed by atoms with Gasteiger partial charge in [0.2, 0.25) is 0 Å². The first kappa shape index (κ1) is 15.3. The van der Waals surface area contributed by atoms with E-state index in [0.29, 0.717) is 18.5 Å². The molecule has 21 heavy (non-hydrogen) atoms. The molecule has 0 bridgehead atoms. The van der Waals surface area contributed by atoms with Crippen LogP contribution in [0.3, 0.4) is 0 Å². The number of ketones is 1. The summed E-state index contributed by atoms with van der Waals surface area (Å²) in [5, 5.41) is 2.79. The van der Waals surface area contributed by atoms with E-state index in [4.69, 9.17) is 0 Å². The Labute approximate surface area is 123 Å². The fourth-order valence-corrected chi connectivity index (χ4v) is 2.87. The third-order valence-corrected chi connectivity index (χ3v) is 3.80. The molecule has 2 heterocycles. The number of rotatable bonds is 7. The van der Waals surface area contributed by atoms with Crippen LogP contribution in [-0.2, 0) is 4.79 Å². The zero-order chi connectivity index (χ0) is 15.5. The topological polar surface area (TPSA) is 82.3 Å². The maximum absolute atomic E-state index is 12.6. The second-order valence-corrected chi connectivity index (χ2v) is 5.41. The molecule has 0 unspecified atom stereocenters. The third kappa shape index (κ3) is 2.84. The number of aromatic amines is 1. The highest BCUT2D eigenvalue weighted by molar-refractivity contribution is 6.10. The molecule has 114 valence electrons. The predicted molar refractivity (Wildman–Crippen MR) is 77.9 cm³/mol. The molecule has 2 rings (SSSR count). The second-order valence-electron chi connectivity index (χ2n) is 5.41. The van der Waals surface area contributed by atoms with Crippen LogP contribution in [0.2, 0.25) is 0 Å². The molecule has 1 saturated heterocycles. The number of amides is 3. The number of Topliss-reactive ketones (excluding diaryl/α,β-unsaturated/α-hetero) is 1. The van der Waals surface area contributed by atoms with Gasteiger partial charge in [-0.05, 0) is 25.0 Å². The molecule has 0 radical (unpaired) electrons. The molecular formula is C15H21N3O3. The average Bonchev–Trinajstić information content (AvgIpc) is 3.04. The lowest BCUT2D eigenvalue weighted by Gasteiger charge is -2.25. The van der Waals surface area contributed by atoms with Gasteiger partial charge in [0.25, 0.3) is 5.91 Å². The molecule has 1 fully saturated rings. The van der Waals surface area contributed by atoms with E-state index in [9.17, 15) is 14.4 Å². The van der Waals surface area contributed by atoms with Gasteiger partial charge < -0.3 is 10.3 Å². The number of carbonyl (C=O) groups is 3. The zero-order valence-electron chi connectivity index (χ0n) is 12.4. The number of imide groups is 1. The van der Waals surface area contributed by atoms with Gasteiger partial charge in [0.15, 0.2) is 5.78 Å². The zero-order valence-corrected chi connectivity index (χ0v) is 12.4. The maximum Gasteiger partial charge on any atom is 0.325 e. The summed E-state index contributed by atoms with van der Waals surface area (Å²) in [7, 11) is 0. The Morgan fingerprint density at radius 2 is 1.90 bits per heavy atom. The summed E-state index contributed by atoms with van der Waals surface area (Å²) >= 11 is 0. The largest absolute Gasteiger partial charge is 0.359 e. The number of carbonyl (C=O) groups excluding carboxylic acids is 3. The number of urea groups is 1. The highest BCUT2D eigenvalue weighted by Crippen LogP contribution is 2.28. The monoisotopic (exact) mass is 291 g/mol. The smallest absolute Gasteiger partial charge is 0.325 e. The minimum Gasteiger partial charge on any atom is -0.359 e. The van der Waals surface area contributed by atoms with E-state index < -0.39 is 11.6 Å². The molecule has 1 aliphatic rings. The minimum atomic E-state index is -0.837. The van der Waals surface area contributed by atoms with Gasteiger partial charge in [0.1, 0.15) is 5.54 Å². The quantitative estimate of drug-likeness (QED) is 0.596. The van der Waals surface area contributed by atoms with Crippen LogP contribution < -0.4 is 5.32 Å². The molecule has 2 N–H and O–H groups in total. The van der Waals surface area contributed by atoms with Crippen molar-refractivity contribution in [2.24, 2.45) is 0 Å². The van der Waals surface area contributed by atoms with Crippen LogP contribution in [0.1, 0.15) is 50.0 Å². The Balaban J connectivity index is 2.16. The lowest BCUT2D eigenvalue weighted by atomic mass is 9.88. The summed E-state index contributed by atoms with van der Waals surface area (Å²) in [5.41, 5.74) is -0.435. The molecule has 3 amide bonds. The molecule has 0 aliphatic carbocycles. The van der Waals surface area contributed by atoms with Crippen LogP contribution in [0.5, 0.6) is 0 Å². The van der Waals surface area contributed by atoms with Crippen molar-refractivity contribution in [3.05, 3.63) is 24.0 Å². The molecule has 6 heteroatoms. The van der Waals surface area contributed by atoms with Crippen molar-refractivity contribution < 1.29 is 14.4 Å². The number of nitrogens with one attached hydrogen (secondary N) is 2. The van der Waals surface area contributed by atoms with Gasteiger partial charge in [-0.1, -0.05) is 26.7 Å². The summed E-state index contributed by atoms with van der Waals surface area (Å²) in [6, 6.07) is 2.87. The highest BCUT2D eigenvalue weighted by atomic mass is 16.2. The van der Waals surface area contributed by atoms with Crippen molar-refractivity contribution in [3.8, 4) is 0 Å². The van der Waals surface area contributed by atoms with E-state index in [2.05, 4.69) is 10.3 Å². The van der Waals surface area contributed by atoms with Gasteiger partial charge in [0, 0.05) is 6.20 Å². The predicted octanol–water partition coefficient (Wildman–Crippen LogP) is 2.09. The molecule has 0 spiro atoms. The van der Waals surface area contributed by atoms with E-state index in [1.807, 2.05) is 13.8 Å². The Hall–Kier alpha value is -2.11. The van der Waals surface area contributed by atoms with Crippen molar-refractivity contribution in [3.63, 3.8) is 0 Å². The van der Waals surface area contributed by atoms with E-state index in [-0.39, 0.29) is 18.2 Å². The second kappa shape index (κ2) is 6.11. The van der Waals surface area contributed by atoms with Crippen LogP contribution in [0.25, 0.3) is 0 Å². The van der Waals surface area contributed by atoms with Crippen LogP contribution in [0, 0.1) is 0 Å². The minimum absolute atomic E-state index is 0.222. The molecule has 0 saturated carbocycles. The first-order valence-electron chi connectivity index (χ1n) is 7.34. The molecule has 0 atom stereocenters. The normalized spacial score (nSPS) is 17.1. The fourth-order valence-electron chi connectivity index (χ4n) is 2.87. The summed E-state index contributed by atoms with van der Waals surface area (Å²) in [4.78, 5) is 40.6. The average molecular weight is 291 g/mol. The molecule has 6 nitrogen and oxygen atoms in total. The fraction of sp³-hybridized carbons (Fsp3) is 0.533. The molecule has 1 aliphatic heterocycles. The highest BCUT2D eigenvalue weighted by Gasteiger charge is 2.50. The lowest BCUT2D eigenvalue weighted by molar-refractivity contribution is -0.131. The van der Waals surface area contributed by atoms with Crippen molar-refractivity contribution in [1.82, 2.24) is 15.2 Å². The standard InChI is InChI=1S/C15H21N3O3/c1-3-7-15(8-4-2)13(20)18(14(21)17-15)10-12(19)11-6-5-9-16-11/h5-6,9,16H,3-4,7-8,10H2,1-2H3,(H,17,21). The van der Waals surface area contributed by atoms with Gasteiger partial charge in [-0.3, -0.25) is 14.5 Å². The van der Waals surface area contributed by atoms with Crippen LogP contribution in [0.15, 0.2) is 18.3 Å². The van der Waals surface area contributed by atoms with Crippen LogP contribution >= 0.6 is 0 Å². The number of aromatic nitrogens is 1. The number of H-pyrrole nitrogens is 1.